The lowest BCUT2D eigenvalue weighted by Gasteiger charge is -2.32. The second kappa shape index (κ2) is 8.86. The molecule has 0 bridgehead atoms. The Bertz CT molecular complexity index is 949. The molecule has 3 N–H and O–H groups in total. The SMILES string of the molecule is O=c1ccn(C2OC(COP(=O)([O-])OP(=O)(O)OP(=O)([O-])[O-])C(O)C2O)c([S-])n1. The highest BCUT2D eigenvalue weighted by Gasteiger charge is 2.44. The quantitative estimate of drug-likeness (QED) is 0.177. The van der Waals surface area contributed by atoms with E-state index in [9.17, 15) is 43.4 Å². The van der Waals surface area contributed by atoms with E-state index in [1.807, 2.05) is 0 Å². The fourth-order valence-electron chi connectivity index (χ4n) is 2.14. The van der Waals surface area contributed by atoms with Crippen LogP contribution < -0.4 is 20.2 Å². The molecule has 0 spiro atoms. The van der Waals surface area contributed by atoms with Crippen molar-refractivity contribution in [2.24, 2.45) is 0 Å². The van der Waals surface area contributed by atoms with E-state index >= 15 is 0 Å². The molecule has 2 rings (SSSR count). The van der Waals surface area contributed by atoms with Crippen LogP contribution in [-0.4, -0.2) is 49.6 Å². The summed E-state index contributed by atoms with van der Waals surface area (Å²) in [6.07, 6.45) is -5.29. The predicted octanol–water partition coefficient (Wildman–Crippen LogP) is -3.78. The van der Waals surface area contributed by atoms with Gasteiger partial charge in [-0.2, -0.15) is 0 Å². The van der Waals surface area contributed by atoms with Crippen LogP contribution in [0.2, 0.25) is 0 Å². The first-order valence-electron chi connectivity index (χ1n) is 7.11. The number of aliphatic hydroxyl groups excluding tert-OH is 2. The monoisotopic (exact) mass is 496 g/mol. The number of phosphoric acid groups is 3. The van der Waals surface area contributed by atoms with Gasteiger partial charge in [-0.25, -0.2) is 13.9 Å². The highest BCUT2D eigenvalue weighted by molar-refractivity contribution is 7.65. The Morgan fingerprint density at radius 1 is 1.21 bits per heavy atom. The smallest absolute Gasteiger partial charge is 0.482 e. The number of aliphatic hydroxyl groups is 2. The minimum Gasteiger partial charge on any atom is -0.789 e. The summed E-state index contributed by atoms with van der Waals surface area (Å²) in [4.78, 5) is 55.6. The van der Waals surface area contributed by atoms with Crippen LogP contribution in [0.3, 0.4) is 0 Å². The molecular formula is C9H11N2O14P3S-4. The van der Waals surface area contributed by atoms with Gasteiger partial charge in [0.05, 0.1) is 14.4 Å². The summed E-state index contributed by atoms with van der Waals surface area (Å²) in [7, 11) is -17.7. The van der Waals surface area contributed by atoms with E-state index in [0.717, 1.165) is 16.8 Å². The summed E-state index contributed by atoms with van der Waals surface area (Å²) in [6.45, 7) is -1.08. The molecular weight excluding hydrogens is 485 g/mol. The topological polar surface area (TPSA) is 253 Å². The van der Waals surface area contributed by atoms with Gasteiger partial charge >= 0.3 is 7.82 Å². The van der Waals surface area contributed by atoms with E-state index in [2.05, 4.69) is 18.1 Å². The molecule has 166 valence electrons. The second-order valence-corrected chi connectivity index (χ2v) is 9.98. The highest BCUT2D eigenvalue weighted by Crippen LogP contribution is 2.63. The van der Waals surface area contributed by atoms with Crippen molar-refractivity contribution in [3.8, 4) is 0 Å². The van der Waals surface area contributed by atoms with Crippen molar-refractivity contribution in [1.82, 2.24) is 9.55 Å². The largest absolute Gasteiger partial charge is 0.789 e. The molecule has 1 aromatic rings. The van der Waals surface area contributed by atoms with Gasteiger partial charge in [-0.3, -0.25) is 13.7 Å². The zero-order valence-corrected chi connectivity index (χ0v) is 17.1. The van der Waals surface area contributed by atoms with E-state index in [1.165, 1.54) is 0 Å². The number of hydrogen-bond acceptors (Lipinski definition) is 15. The Labute approximate surface area is 166 Å². The first-order chi connectivity index (χ1) is 13.1. The normalized spacial score (nSPS) is 29.3. The first-order valence-corrected chi connectivity index (χ1v) is 11.9. The standard InChI is InChI=1S/C9H15N2O14P3S/c12-5-1-2-11(9(29)10-5)8-7(14)6(13)4(23-8)3-22-27(18,19)25-28(20,21)24-26(15,16)17/h1-2,4,6-8,13-14H,3H2,(H,18,19)(H,20,21)(H,10,12,29)(H2,15,16,17)/p-4. The lowest BCUT2D eigenvalue weighted by molar-refractivity contribution is -0.334. The fourth-order valence-corrected chi connectivity index (χ4v) is 5.33. The summed E-state index contributed by atoms with van der Waals surface area (Å²) in [5.41, 5.74) is -0.681. The average Bonchev–Trinajstić information content (AvgIpc) is 2.78. The van der Waals surface area contributed by atoms with Crippen molar-refractivity contribution >= 4 is 36.1 Å². The van der Waals surface area contributed by atoms with Crippen LogP contribution >= 0.6 is 23.5 Å². The number of ether oxygens (including phenoxy) is 1. The molecule has 0 amide bonds. The lowest BCUT2D eigenvalue weighted by atomic mass is 10.1. The van der Waals surface area contributed by atoms with E-state index in [1.54, 1.807) is 0 Å². The third-order valence-electron chi connectivity index (χ3n) is 3.22. The molecule has 0 saturated carbocycles. The minimum atomic E-state index is -6.07. The van der Waals surface area contributed by atoms with E-state index in [0.29, 0.717) is 0 Å². The molecule has 0 aliphatic carbocycles. The lowest BCUT2D eigenvalue weighted by Crippen LogP contribution is -2.34. The van der Waals surface area contributed by atoms with Crippen molar-refractivity contribution in [2.75, 3.05) is 6.61 Å². The van der Waals surface area contributed by atoms with Crippen molar-refractivity contribution in [3.05, 3.63) is 22.6 Å². The van der Waals surface area contributed by atoms with Gasteiger partial charge < -0.3 is 60.8 Å². The summed E-state index contributed by atoms with van der Waals surface area (Å²) in [5.74, 6) is 0. The van der Waals surface area contributed by atoms with Crippen LogP contribution in [0.1, 0.15) is 6.23 Å². The number of aromatic nitrogens is 2. The maximum absolute atomic E-state index is 11.5. The van der Waals surface area contributed by atoms with E-state index in [-0.39, 0.29) is 5.16 Å². The van der Waals surface area contributed by atoms with Crippen LogP contribution in [0.5, 0.6) is 0 Å². The van der Waals surface area contributed by atoms with Gasteiger partial charge in [0.15, 0.2) is 6.23 Å². The third kappa shape index (κ3) is 6.95. The molecule has 16 nitrogen and oxygen atoms in total. The fraction of sp³-hybridized carbons (Fsp3) is 0.556. The van der Waals surface area contributed by atoms with Crippen molar-refractivity contribution in [2.45, 2.75) is 29.7 Å². The van der Waals surface area contributed by atoms with Gasteiger partial charge in [-0.15, -0.1) is 0 Å². The molecule has 0 aromatic carbocycles. The average molecular weight is 496 g/mol. The molecule has 29 heavy (non-hydrogen) atoms. The van der Waals surface area contributed by atoms with Crippen LogP contribution in [0.25, 0.3) is 0 Å². The number of phosphoric ester groups is 1. The van der Waals surface area contributed by atoms with Crippen LogP contribution in [0.15, 0.2) is 22.2 Å². The minimum absolute atomic E-state index is 0.314. The Morgan fingerprint density at radius 2 is 1.83 bits per heavy atom. The van der Waals surface area contributed by atoms with Crippen LogP contribution in [0.4, 0.5) is 0 Å². The third-order valence-corrected chi connectivity index (χ3v) is 7.24. The molecule has 1 aliphatic heterocycles. The highest BCUT2D eigenvalue weighted by atomic mass is 32.1. The summed E-state index contributed by atoms with van der Waals surface area (Å²) < 4.78 is 50.0. The Balaban J connectivity index is 2.05. The first kappa shape index (κ1) is 24.7. The van der Waals surface area contributed by atoms with Gasteiger partial charge in [0.2, 0.25) is 0 Å². The van der Waals surface area contributed by atoms with Crippen molar-refractivity contribution in [1.29, 1.82) is 0 Å². The van der Waals surface area contributed by atoms with E-state index < -0.39 is 60.2 Å². The van der Waals surface area contributed by atoms with Crippen molar-refractivity contribution < 1.29 is 61.4 Å². The van der Waals surface area contributed by atoms with Gasteiger partial charge in [0.25, 0.3) is 13.4 Å². The van der Waals surface area contributed by atoms with Gasteiger partial charge in [0.1, 0.15) is 18.3 Å². The second-order valence-electron chi connectivity index (χ2n) is 5.32. The Morgan fingerprint density at radius 3 is 2.38 bits per heavy atom. The molecule has 0 radical (unpaired) electrons. The molecule has 1 fully saturated rings. The molecule has 2 heterocycles. The molecule has 1 aromatic heterocycles. The summed E-state index contributed by atoms with van der Waals surface area (Å²) in [5, 5.41) is 19.7. The Kier molecular flexibility index (Phi) is 7.54. The van der Waals surface area contributed by atoms with Gasteiger partial charge in [-0.05, 0) is 5.16 Å². The van der Waals surface area contributed by atoms with Gasteiger partial charge in [0, 0.05) is 12.3 Å². The Hall–Kier alpha value is -0.610. The van der Waals surface area contributed by atoms with Crippen LogP contribution in [-0.2, 0) is 44.2 Å². The maximum Gasteiger partial charge on any atom is 0.482 e. The van der Waals surface area contributed by atoms with E-state index in [4.69, 9.17) is 22.3 Å². The maximum atomic E-state index is 11.5. The van der Waals surface area contributed by atoms with Crippen molar-refractivity contribution in [3.63, 3.8) is 0 Å². The molecule has 6 unspecified atom stereocenters. The molecule has 1 aliphatic rings. The zero-order chi connectivity index (χ0) is 22.2. The van der Waals surface area contributed by atoms with Gasteiger partial charge in [-0.1, -0.05) is 0 Å². The number of rotatable bonds is 8. The molecule has 6 atom stereocenters. The zero-order valence-electron chi connectivity index (χ0n) is 13.6. The summed E-state index contributed by atoms with van der Waals surface area (Å²) in [6, 6.07) is 0.977. The summed E-state index contributed by atoms with van der Waals surface area (Å²) >= 11 is 4.82. The molecule has 20 heteroatoms. The predicted molar refractivity (Wildman–Crippen MR) is 83.2 cm³/mol. The number of nitrogens with zero attached hydrogens (tertiary/aromatic N) is 2. The molecule has 1 saturated heterocycles. The van der Waals surface area contributed by atoms with Crippen LogP contribution in [0, 0.1) is 0 Å². The number of hydrogen-bond donors (Lipinski definition) is 3.